The molecular formula is C14H12N2O6. The molecule has 0 heterocycles. The summed E-state index contributed by atoms with van der Waals surface area (Å²) in [6.07, 6.45) is 0. The number of hydrogen-bond acceptors (Lipinski definition) is 6. The molecule has 0 radical (unpaired) electrons. The van der Waals surface area contributed by atoms with Gasteiger partial charge in [0.25, 0.3) is 11.4 Å². The van der Waals surface area contributed by atoms with Crippen LogP contribution in [0.3, 0.4) is 0 Å². The highest BCUT2D eigenvalue weighted by molar-refractivity contribution is 5.48. The maximum absolute atomic E-state index is 10.8. The first-order valence-electron chi connectivity index (χ1n) is 6.20. The second-order valence-electron chi connectivity index (χ2n) is 4.30. The van der Waals surface area contributed by atoms with Crippen LogP contribution in [0.4, 0.5) is 11.4 Å². The smallest absolute Gasteiger partial charge is 0.273 e. The van der Waals surface area contributed by atoms with Gasteiger partial charge in [-0.05, 0) is 23.8 Å². The minimum Gasteiger partial charge on any atom is -0.493 e. The zero-order chi connectivity index (χ0) is 16.1. The number of rotatable bonds is 6. The van der Waals surface area contributed by atoms with Crippen LogP contribution in [-0.2, 0) is 6.61 Å². The van der Waals surface area contributed by atoms with Gasteiger partial charge in [-0.25, -0.2) is 0 Å². The average Bonchev–Trinajstić information content (AvgIpc) is 2.52. The molecule has 0 atom stereocenters. The molecule has 0 aromatic heterocycles. The summed E-state index contributed by atoms with van der Waals surface area (Å²) < 4.78 is 10.6. The van der Waals surface area contributed by atoms with Crippen LogP contribution in [0.2, 0.25) is 0 Å². The van der Waals surface area contributed by atoms with Gasteiger partial charge in [0.2, 0.25) is 0 Å². The molecule has 2 aromatic rings. The Balaban J connectivity index is 2.14. The van der Waals surface area contributed by atoms with Gasteiger partial charge in [0, 0.05) is 18.2 Å². The number of nitro benzene ring substituents is 2. The van der Waals surface area contributed by atoms with E-state index in [1.807, 2.05) is 0 Å². The summed E-state index contributed by atoms with van der Waals surface area (Å²) in [4.78, 5) is 20.3. The molecular weight excluding hydrogens is 292 g/mol. The van der Waals surface area contributed by atoms with E-state index in [0.717, 1.165) is 0 Å². The molecule has 2 rings (SSSR count). The van der Waals surface area contributed by atoms with Crippen molar-refractivity contribution in [3.63, 3.8) is 0 Å². The molecule has 0 spiro atoms. The molecule has 0 amide bonds. The Morgan fingerprint density at radius 2 is 1.50 bits per heavy atom. The van der Waals surface area contributed by atoms with Gasteiger partial charge >= 0.3 is 0 Å². The Morgan fingerprint density at radius 3 is 2.05 bits per heavy atom. The SMILES string of the molecule is COc1ccc([N+](=O)[O-])cc1OCc1ccc([N+](=O)[O-])cc1. The molecule has 0 saturated carbocycles. The topological polar surface area (TPSA) is 105 Å². The summed E-state index contributed by atoms with van der Waals surface area (Å²) in [6, 6.07) is 9.88. The van der Waals surface area contributed by atoms with Gasteiger partial charge < -0.3 is 9.47 Å². The lowest BCUT2D eigenvalue weighted by atomic mass is 10.2. The van der Waals surface area contributed by atoms with E-state index in [0.29, 0.717) is 11.3 Å². The van der Waals surface area contributed by atoms with E-state index in [2.05, 4.69) is 0 Å². The molecule has 8 nitrogen and oxygen atoms in total. The van der Waals surface area contributed by atoms with Crippen LogP contribution in [0.1, 0.15) is 5.56 Å². The van der Waals surface area contributed by atoms with Crippen molar-refractivity contribution < 1.29 is 19.3 Å². The van der Waals surface area contributed by atoms with Crippen LogP contribution in [0.15, 0.2) is 42.5 Å². The van der Waals surface area contributed by atoms with Gasteiger partial charge in [0.1, 0.15) is 6.61 Å². The third kappa shape index (κ3) is 3.48. The highest BCUT2D eigenvalue weighted by Crippen LogP contribution is 2.31. The molecule has 0 N–H and O–H groups in total. The Morgan fingerprint density at radius 1 is 0.909 bits per heavy atom. The number of nitro groups is 2. The molecule has 0 bridgehead atoms. The van der Waals surface area contributed by atoms with E-state index >= 15 is 0 Å². The average molecular weight is 304 g/mol. The molecule has 2 aromatic carbocycles. The standard InChI is InChI=1S/C14H12N2O6/c1-21-13-7-6-12(16(19)20)8-14(13)22-9-10-2-4-11(5-3-10)15(17)18/h2-8H,9H2,1H3. The number of methoxy groups -OCH3 is 1. The van der Waals surface area contributed by atoms with E-state index in [1.165, 1.54) is 37.4 Å². The largest absolute Gasteiger partial charge is 0.493 e. The number of benzene rings is 2. The summed E-state index contributed by atoms with van der Waals surface area (Å²) >= 11 is 0. The molecule has 0 saturated heterocycles. The van der Waals surface area contributed by atoms with Crippen LogP contribution in [0.25, 0.3) is 0 Å². The van der Waals surface area contributed by atoms with E-state index in [9.17, 15) is 20.2 Å². The summed E-state index contributed by atoms with van der Waals surface area (Å²) in [5, 5.41) is 21.3. The molecule has 114 valence electrons. The zero-order valence-electron chi connectivity index (χ0n) is 11.6. The molecule has 0 aliphatic heterocycles. The molecule has 22 heavy (non-hydrogen) atoms. The van der Waals surface area contributed by atoms with E-state index in [1.54, 1.807) is 12.1 Å². The minimum atomic E-state index is -0.530. The summed E-state index contributed by atoms with van der Waals surface area (Å²) in [5.74, 6) is 0.600. The predicted molar refractivity (Wildman–Crippen MR) is 77.1 cm³/mol. The fraction of sp³-hybridized carbons (Fsp3) is 0.143. The van der Waals surface area contributed by atoms with Gasteiger partial charge in [0.05, 0.1) is 23.0 Å². The summed E-state index contributed by atoms with van der Waals surface area (Å²) in [6.45, 7) is 0.107. The van der Waals surface area contributed by atoms with Crippen molar-refractivity contribution >= 4 is 11.4 Å². The highest BCUT2D eigenvalue weighted by atomic mass is 16.6. The quantitative estimate of drug-likeness (QED) is 0.599. The predicted octanol–water partition coefficient (Wildman–Crippen LogP) is 3.09. The van der Waals surface area contributed by atoms with Crippen molar-refractivity contribution in [2.24, 2.45) is 0 Å². The van der Waals surface area contributed by atoms with Crippen LogP contribution >= 0.6 is 0 Å². The van der Waals surface area contributed by atoms with Gasteiger partial charge in [-0.2, -0.15) is 0 Å². The third-order valence-corrected chi connectivity index (χ3v) is 2.90. The maximum Gasteiger partial charge on any atom is 0.273 e. The van der Waals surface area contributed by atoms with Gasteiger partial charge in [0.15, 0.2) is 11.5 Å². The second kappa shape index (κ2) is 6.53. The molecule has 8 heteroatoms. The van der Waals surface area contributed by atoms with Crippen LogP contribution in [-0.4, -0.2) is 17.0 Å². The van der Waals surface area contributed by atoms with E-state index in [4.69, 9.17) is 9.47 Å². The van der Waals surface area contributed by atoms with E-state index in [-0.39, 0.29) is 23.7 Å². The number of nitrogens with zero attached hydrogens (tertiary/aromatic N) is 2. The van der Waals surface area contributed by atoms with Crippen LogP contribution in [0, 0.1) is 20.2 Å². The minimum absolute atomic E-state index is 0.0170. The Kier molecular flexibility index (Phi) is 4.52. The normalized spacial score (nSPS) is 10.0. The monoisotopic (exact) mass is 304 g/mol. The van der Waals surface area contributed by atoms with Crippen LogP contribution < -0.4 is 9.47 Å². The highest BCUT2D eigenvalue weighted by Gasteiger charge is 2.13. The van der Waals surface area contributed by atoms with Crippen LogP contribution in [0.5, 0.6) is 11.5 Å². The van der Waals surface area contributed by atoms with E-state index < -0.39 is 9.85 Å². The van der Waals surface area contributed by atoms with Crippen molar-refractivity contribution in [3.8, 4) is 11.5 Å². The van der Waals surface area contributed by atoms with Gasteiger partial charge in [-0.15, -0.1) is 0 Å². The van der Waals surface area contributed by atoms with Gasteiger partial charge in [-0.1, -0.05) is 0 Å². The lowest BCUT2D eigenvalue weighted by molar-refractivity contribution is -0.385. The first-order valence-corrected chi connectivity index (χ1v) is 6.20. The van der Waals surface area contributed by atoms with Crippen molar-refractivity contribution in [3.05, 3.63) is 68.3 Å². The zero-order valence-corrected chi connectivity index (χ0v) is 11.6. The van der Waals surface area contributed by atoms with Gasteiger partial charge in [-0.3, -0.25) is 20.2 Å². The molecule has 0 fully saturated rings. The Labute approximate surface area is 125 Å². The first kappa shape index (κ1) is 15.2. The third-order valence-electron chi connectivity index (χ3n) is 2.90. The maximum atomic E-state index is 10.8. The molecule has 0 aliphatic rings. The summed E-state index contributed by atoms with van der Waals surface area (Å²) in [5.41, 5.74) is 0.565. The van der Waals surface area contributed by atoms with Crippen molar-refractivity contribution in [1.82, 2.24) is 0 Å². The summed E-state index contributed by atoms with van der Waals surface area (Å²) in [7, 11) is 1.43. The van der Waals surface area contributed by atoms with Crippen molar-refractivity contribution in [2.45, 2.75) is 6.61 Å². The van der Waals surface area contributed by atoms with Crippen molar-refractivity contribution in [1.29, 1.82) is 0 Å². The van der Waals surface area contributed by atoms with Crippen molar-refractivity contribution in [2.75, 3.05) is 7.11 Å². The first-order chi connectivity index (χ1) is 10.5. The lowest BCUT2D eigenvalue weighted by Gasteiger charge is -2.10. The number of non-ortho nitro benzene ring substituents is 2. The number of hydrogen-bond donors (Lipinski definition) is 0. The molecule has 0 aliphatic carbocycles. The number of ether oxygens (including phenoxy) is 2. The molecule has 0 unspecified atom stereocenters. The fourth-order valence-corrected chi connectivity index (χ4v) is 1.77. The Bertz CT molecular complexity index is 699. The fourth-order valence-electron chi connectivity index (χ4n) is 1.77. The Hall–Kier alpha value is -3.16. The second-order valence-corrected chi connectivity index (χ2v) is 4.30. The lowest BCUT2D eigenvalue weighted by Crippen LogP contribution is -1.99.